The Morgan fingerprint density at radius 2 is 1.71 bits per heavy atom. The van der Waals surface area contributed by atoms with E-state index >= 15 is 0 Å². The van der Waals surface area contributed by atoms with E-state index in [9.17, 15) is 4.79 Å². The second kappa shape index (κ2) is 12.3. The maximum absolute atomic E-state index is 12.0. The summed E-state index contributed by atoms with van der Waals surface area (Å²) in [6.07, 6.45) is 5.70. The summed E-state index contributed by atoms with van der Waals surface area (Å²) in [5, 5.41) is 0. The van der Waals surface area contributed by atoms with Gasteiger partial charge in [0.25, 0.3) is 0 Å². The number of nitrogens with two attached hydrogens (primary N) is 1. The Balaban J connectivity index is 0.00000264. The Labute approximate surface area is 159 Å². The molecule has 2 heterocycles. The standard InChI is InChI=1S/C17H33N3O2.2ClH/c1-14-12-19(13-15(2)22-14)9-5-16-6-10-20(11-7-16)17(21)4-3-8-18;;/h14-16H,3-13,18H2,1-2H3;2*1H. The largest absolute Gasteiger partial charge is 0.373 e. The fourth-order valence-corrected chi connectivity index (χ4v) is 3.71. The Hall–Kier alpha value is -0.0700. The molecule has 0 aromatic rings. The van der Waals surface area contributed by atoms with Gasteiger partial charge >= 0.3 is 0 Å². The van der Waals surface area contributed by atoms with Crippen LogP contribution in [0.3, 0.4) is 0 Å². The number of hydrogen-bond donors (Lipinski definition) is 1. The first-order valence-electron chi connectivity index (χ1n) is 8.94. The zero-order valence-corrected chi connectivity index (χ0v) is 16.7. The Morgan fingerprint density at radius 1 is 1.12 bits per heavy atom. The second-order valence-corrected chi connectivity index (χ2v) is 7.02. The first kappa shape index (κ1) is 23.9. The lowest BCUT2D eigenvalue weighted by molar-refractivity contribution is -0.132. The number of halogens is 2. The normalized spacial score (nSPS) is 25.7. The van der Waals surface area contributed by atoms with E-state index in [1.54, 1.807) is 0 Å². The average molecular weight is 384 g/mol. The van der Waals surface area contributed by atoms with E-state index in [4.69, 9.17) is 10.5 Å². The van der Waals surface area contributed by atoms with Crippen LogP contribution in [0.5, 0.6) is 0 Å². The molecule has 0 saturated carbocycles. The minimum Gasteiger partial charge on any atom is -0.373 e. The molecule has 7 heteroatoms. The summed E-state index contributed by atoms with van der Waals surface area (Å²) in [6.45, 7) is 10.1. The number of nitrogens with zero attached hydrogens (tertiary/aromatic N) is 2. The van der Waals surface area contributed by atoms with E-state index in [1.807, 2.05) is 4.90 Å². The highest BCUT2D eigenvalue weighted by atomic mass is 35.5. The molecule has 144 valence electrons. The zero-order chi connectivity index (χ0) is 15.9. The molecule has 0 radical (unpaired) electrons. The van der Waals surface area contributed by atoms with Crippen molar-refractivity contribution in [2.75, 3.05) is 39.3 Å². The van der Waals surface area contributed by atoms with Gasteiger partial charge in [-0.25, -0.2) is 0 Å². The Morgan fingerprint density at radius 3 is 2.25 bits per heavy atom. The molecular weight excluding hydrogens is 349 g/mol. The molecule has 2 aliphatic heterocycles. The van der Waals surface area contributed by atoms with E-state index < -0.39 is 0 Å². The minimum absolute atomic E-state index is 0. The third-order valence-electron chi connectivity index (χ3n) is 4.91. The molecule has 2 unspecified atom stereocenters. The van der Waals surface area contributed by atoms with E-state index in [0.29, 0.717) is 31.1 Å². The van der Waals surface area contributed by atoms with Gasteiger partial charge in [-0.2, -0.15) is 0 Å². The SMILES string of the molecule is CC1CN(CCC2CCN(C(=O)CCCN)CC2)CC(C)O1.Cl.Cl. The van der Waals surface area contributed by atoms with Crippen molar-refractivity contribution in [1.82, 2.24) is 9.80 Å². The number of ether oxygens (including phenoxy) is 1. The Kier molecular flexibility index (Phi) is 12.3. The van der Waals surface area contributed by atoms with Gasteiger partial charge in [0.15, 0.2) is 0 Å². The summed E-state index contributed by atoms with van der Waals surface area (Å²) < 4.78 is 5.79. The third-order valence-corrected chi connectivity index (χ3v) is 4.91. The number of morpholine rings is 1. The van der Waals surface area contributed by atoms with Crippen molar-refractivity contribution < 1.29 is 9.53 Å². The van der Waals surface area contributed by atoms with Gasteiger partial charge in [-0.3, -0.25) is 9.69 Å². The highest BCUT2D eigenvalue weighted by Gasteiger charge is 2.25. The number of likely N-dealkylation sites (tertiary alicyclic amines) is 1. The average Bonchev–Trinajstić information content (AvgIpc) is 2.50. The van der Waals surface area contributed by atoms with Crippen molar-refractivity contribution in [2.45, 2.75) is 58.2 Å². The first-order chi connectivity index (χ1) is 10.6. The van der Waals surface area contributed by atoms with Gasteiger partial charge in [0.05, 0.1) is 12.2 Å². The van der Waals surface area contributed by atoms with Crippen LogP contribution in [0.4, 0.5) is 0 Å². The molecule has 2 N–H and O–H groups in total. The van der Waals surface area contributed by atoms with Crippen LogP contribution < -0.4 is 5.73 Å². The Bertz CT molecular complexity index is 343. The number of carbonyl (C=O) groups excluding carboxylic acids is 1. The molecule has 2 rings (SSSR count). The molecule has 0 spiro atoms. The molecule has 2 aliphatic rings. The fourth-order valence-electron chi connectivity index (χ4n) is 3.71. The van der Waals surface area contributed by atoms with Crippen LogP contribution in [0.25, 0.3) is 0 Å². The molecule has 2 atom stereocenters. The van der Waals surface area contributed by atoms with Crippen molar-refractivity contribution in [3.8, 4) is 0 Å². The van der Waals surface area contributed by atoms with Crippen LogP contribution in [0, 0.1) is 5.92 Å². The van der Waals surface area contributed by atoms with Crippen LogP contribution in [-0.4, -0.2) is 67.2 Å². The molecule has 0 bridgehead atoms. The molecule has 0 aromatic heterocycles. The lowest BCUT2D eigenvalue weighted by atomic mass is 9.93. The lowest BCUT2D eigenvalue weighted by Crippen LogP contribution is -2.46. The summed E-state index contributed by atoms with van der Waals surface area (Å²) in [5.41, 5.74) is 5.47. The van der Waals surface area contributed by atoms with Gasteiger partial charge in [0.2, 0.25) is 5.91 Å². The van der Waals surface area contributed by atoms with Crippen LogP contribution in [0.2, 0.25) is 0 Å². The third kappa shape index (κ3) is 7.87. The predicted octanol–water partition coefficient (Wildman–Crippen LogP) is 2.31. The van der Waals surface area contributed by atoms with Gasteiger partial charge in [-0.15, -0.1) is 24.8 Å². The highest BCUT2D eigenvalue weighted by molar-refractivity contribution is 5.85. The lowest BCUT2D eigenvalue weighted by Gasteiger charge is -2.37. The van der Waals surface area contributed by atoms with E-state index in [1.165, 1.54) is 13.0 Å². The van der Waals surface area contributed by atoms with Gasteiger partial charge in [0, 0.05) is 32.6 Å². The van der Waals surface area contributed by atoms with Gasteiger partial charge in [-0.1, -0.05) is 0 Å². The van der Waals surface area contributed by atoms with E-state index in [0.717, 1.165) is 51.4 Å². The van der Waals surface area contributed by atoms with Crippen LogP contribution in [0.15, 0.2) is 0 Å². The summed E-state index contributed by atoms with van der Waals surface area (Å²) >= 11 is 0. The maximum atomic E-state index is 12.0. The van der Waals surface area contributed by atoms with Gasteiger partial charge in [-0.05, 0) is 58.5 Å². The number of carbonyl (C=O) groups is 1. The van der Waals surface area contributed by atoms with Crippen molar-refractivity contribution in [1.29, 1.82) is 0 Å². The summed E-state index contributed by atoms with van der Waals surface area (Å²) in [6, 6.07) is 0. The minimum atomic E-state index is 0. The van der Waals surface area contributed by atoms with Crippen LogP contribution in [0.1, 0.15) is 46.0 Å². The molecule has 0 aliphatic carbocycles. The fraction of sp³-hybridized carbons (Fsp3) is 0.941. The molecule has 5 nitrogen and oxygen atoms in total. The number of piperidine rings is 1. The first-order valence-corrected chi connectivity index (χ1v) is 8.94. The number of rotatable bonds is 6. The molecule has 1 amide bonds. The van der Waals surface area contributed by atoms with E-state index in [-0.39, 0.29) is 24.8 Å². The predicted molar refractivity (Wildman–Crippen MR) is 103 cm³/mol. The summed E-state index contributed by atoms with van der Waals surface area (Å²) in [4.78, 5) is 16.6. The molecule has 24 heavy (non-hydrogen) atoms. The topological polar surface area (TPSA) is 58.8 Å². The van der Waals surface area contributed by atoms with Crippen molar-refractivity contribution in [2.24, 2.45) is 11.7 Å². The quantitative estimate of drug-likeness (QED) is 0.764. The number of hydrogen-bond acceptors (Lipinski definition) is 4. The second-order valence-electron chi connectivity index (χ2n) is 7.02. The van der Waals surface area contributed by atoms with Crippen molar-refractivity contribution in [3.05, 3.63) is 0 Å². The van der Waals surface area contributed by atoms with E-state index in [2.05, 4.69) is 18.7 Å². The van der Waals surface area contributed by atoms with Crippen LogP contribution >= 0.6 is 24.8 Å². The smallest absolute Gasteiger partial charge is 0.222 e. The van der Waals surface area contributed by atoms with Crippen LogP contribution in [-0.2, 0) is 9.53 Å². The monoisotopic (exact) mass is 383 g/mol. The molecule has 0 aromatic carbocycles. The summed E-state index contributed by atoms with van der Waals surface area (Å²) in [5.74, 6) is 1.06. The van der Waals surface area contributed by atoms with Crippen molar-refractivity contribution >= 4 is 30.7 Å². The number of amides is 1. The van der Waals surface area contributed by atoms with Gasteiger partial charge < -0.3 is 15.4 Å². The maximum Gasteiger partial charge on any atom is 0.222 e. The highest BCUT2D eigenvalue weighted by Crippen LogP contribution is 2.22. The molecule has 2 saturated heterocycles. The zero-order valence-electron chi connectivity index (χ0n) is 15.1. The summed E-state index contributed by atoms with van der Waals surface area (Å²) in [7, 11) is 0. The molecular formula is C17H35Cl2N3O2. The van der Waals surface area contributed by atoms with Gasteiger partial charge in [0.1, 0.15) is 0 Å². The molecule has 2 fully saturated rings. The van der Waals surface area contributed by atoms with Crippen molar-refractivity contribution in [3.63, 3.8) is 0 Å².